The van der Waals surface area contributed by atoms with Crippen molar-refractivity contribution in [3.8, 4) is 5.69 Å². The van der Waals surface area contributed by atoms with Gasteiger partial charge in [-0.1, -0.05) is 11.6 Å². The highest BCUT2D eigenvalue weighted by Gasteiger charge is 2.11. The maximum absolute atomic E-state index is 6.19. The third kappa shape index (κ3) is 2.70. The summed E-state index contributed by atoms with van der Waals surface area (Å²) in [7, 11) is 0. The van der Waals surface area contributed by atoms with Crippen molar-refractivity contribution in [2.75, 3.05) is 5.32 Å². The van der Waals surface area contributed by atoms with Gasteiger partial charge in [0.25, 0.3) is 0 Å². The number of aryl methyl sites for hydroxylation is 1. The highest BCUT2D eigenvalue weighted by molar-refractivity contribution is 9.10. The van der Waals surface area contributed by atoms with Gasteiger partial charge in [0.1, 0.15) is 0 Å². The molecule has 0 aliphatic carbocycles. The van der Waals surface area contributed by atoms with Gasteiger partial charge in [0.2, 0.25) is 5.95 Å². The molecule has 0 saturated carbocycles. The lowest BCUT2D eigenvalue weighted by Crippen LogP contribution is -2.14. The fraction of sp³-hybridized carbons (Fsp3) is 0.308. The van der Waals surface area contributed by atoms with Crippen LogP contribution in [0.25, 0.3) is 5.69 Å². The predicted octanol–water partition coefficient (Wildman–Crippen LogP) is 4.42. The van der Waals surface area contributed by atoms with E-state index in [2.05, 4.69) is 40.1 Å². The molecule has 2 aromatic rings. The third-order valence-corrected chi connectivity index (χ3v) is 3.59. The molecule has 0 atom stereocenters. The summed E-state index contributed by atoms with van der Waals surface area (Å²) < 4.78 is 2.98. The smallest absolute Gasteiger partial charge is 0.207 e. The molecule has 96 valence electrons. The van der Waals surface area contributed by atoms with Crippen LogP contribution >= 0.6 is 27.5 Å². The summed E-state index contributed by atoms with van der Waals surface area (Å²) >= 11 is 9.75. The SMILES string of the molecule is Cc1cc(Br)c(-n2ccnc2NC(C)C)cc1Cl. The van der Waals surface area contributed by atoms with Gasteiger partial charge < -0.3 is 5.32 Å². The first-order chi connectivity index (χ1) is 8.49. The first-order valence-corrected chi connectivity index (χ1v) is 6.92. The van der Waals surface area contributed by atoms with E-state index >= 15 is 0 Å². The van der Waals surface area contributed by atoms with Crippen LogP contribution in [0.1, 0.15) is 19.4 Å². The number of imidazole rings is 1. The van der Waals surface area contributed by atoms with Crippen molar-refractivity contribution in [3.05, 3.63) is 39.6 Å². The van der Waals surface area contributed by atoms with E-state index in [1.807, 2.05) is 29.8 Å². The van der Waals surface area contributed by atoms with E-state index in [9.17, 15) is 0 Å². The second-order valence-electron chi connectivity index (χ2n) is 4.47. The molecule has 0 amide bonds. The van der Waals surface area contributed by atoms with E-state index < -0.39 is 0 Å². The fourth-order valence-electron chi connectivity index (χ4n) is 1.68. The Morgan fingerprint density at radius 2 is 2.11 bits per heavy atom. The number of aromatic nitrogens is 2. The van der Waals surface area contributed by atoms with Crippen LogP contribution in [0.15, 0.2) is 29.0 Å². The maximum atomic E-state index is 6.19. The number of hydrogen-bond donors (Lipinski definition) is 1. The largest absolute Gasteiger partial charge is 0.353 e. The molecule has 0 aliphatic heterocycles. The average molecular weight is 329 g/mol. The summed E-state index contributed by atoms with van der Waals surface area (Å²) in [5, 5.41) is 4.05. The standard InChI is InChI=1S/C13H15BrClN3/c1-8(2)17-13-16-4-5-18(13)12-7-11(15)9(3)6-10(12)14/h4-8H,1-3H3,(H,16,17). The summed E-state index contributed by atoms with van der Waals surface area (Å²) in [6.45, 7) is 6.14. The van der Waals surface area contributed by atoms with Crippen LogP contribution in [0.5, 0.6) is 0 Å². The topological polar surface area (TPSA) is 29.9 Å². The quantitative estimate of drug-likeness (QED) is 0.904. The Balaban J connectivity index is 2.49. The molecule has 0 aliphatic rings. The molecule has 0 saturated heterocycles. The van der Waals surface area contributed by atoms with E-state index in [0.29, 0.717) is 6.04 Å². The fourth-order valence-corrected chi connectivity index (χ4v) is 2.49. The number of halogens is 2. The van der Waals surface area contributed by atoms with Crippen molar-refractivity contribution in [2.45, 2.75) is 26.8 Å². The van der Waals surface area contributed by atoms with Crippen LogP contribution in [0, 0.1) is 6.92 Å². The van der Waals surface area contributed by atoms with Crippen LogP contribution in [-0.2, 0) is 0 Å². The minimum atomic E-state index is 0.325. The molecule has 5 heteroatoms. The molecule has 0 radical (unpaired) electrons. The van der Waals surface area contributed by atoms with Crippen molar-refractivity contribution in [2.24, 2.45) is 0 Å². The van der Waals surface area contributed by atoms with Crippen LogP contribution in [-0.4, -0.2) is 15.6 Å². The first-order valence-electron chi connectivity index (χ1n) is 5.75. The van der Waals surface area contributed by atoms with Gasteiger partial charge in [0, 0.05) is 27.9 Å². The number of nitrogens with zero attached hydrogens (tertiary/aromatic N) is 2. The lowest BCUT2D eigenvalue weighted by molar-refractivity contribution is 0.863. The van der Waals surface area contributed by atoms with Crippen molar-refractivity contribution < 1.29 is 0 Å². The zero-order valence-electron chi connectivity index (χ0n) is 10.5. The molecule has 2 rings (SSSR count). The average Bonchev–Trinajstić information content (AvgIpc) is 2.70. The van der Waals surface area contributed by atoms with Gasteiger partial charge in [-0.25, -0.2) is 4.98 Å². The van der Waals surface area contributed by atoms with Gasteiger partial charge in [0.05, 0.1) is 5.69 Å². The zero-order valence-corrected chi connectivity index (χ0v) is 12.9. The minimum absolute atomic E-state index is 0.325. The van der Waals surface area contributed by atoms with Crippen molar-refractivity contribution in [1.82, 2.24) is 9.55 Å². The van der Waals surface area contributed by atoms with E-state index in [1.165, 1.54) is 0 Å². The Morgan fingerprint density at radius 1 is 1.39 bits per heavy atom. The predicted molar refractivity (Wildman–Crippen MR) is 79.8 cm³/mol. The Labute approximate surface area is 120 Å². The lowest BCUT2D eigenvalue weighted by Gasteiger charge is -2.14. The number of benzene rings is 1. The molecular formula is C13H15BrClN3. The van der Waals surface area contributed by atoms with Crippen LogP contribution < -0.4 is 5.32 Å². The molecular weight excluding hydrogens is 314 g/mol. The third-order valence-electron chi connectivity index (χ3n) is 2.55. The molecule has 3 nitrogen and oxygen atoms in total. The zero-order chi connectivity index (χ0) is 13.3. The van der Waals surface area contributed by atoms with Gasteiger partial charge in [-0.15, -0.1) is 0 Å². The Kier molecular flexibility index (Phi) is 3.97. The summed E-state index contributed by atoms with van der Waals surface area (Å²) in [6.07, 6.45) is 3.68. The van der Waals surface area contributed by atoms with Crippen LogP contribution in [0.3, 0.4) is 0 Å². The van der Waals surface area contributed by atoms with Crippen molar-refractivity contribution in [1.29, 1.82) is 0 Å². The summed E-state index contributed by atoms with van der Waals surface area (Å²) in [6, 6.07) is 4.27. The van der Waals surface area contributed by atoms with Gasteiger partial charge in [-0.3, -0.25) is 4.57 Å². The molecule has 0 fully saturated rings. The van der Waals surface area contributed by atoms with Gasteiger partial charge in [-0.2, -0.15) is 0 Å². The number of anilines is 1. The number of rotatable bonds is 3. The van der Waals surface area contributed by atoms with E-state index in [0.717, 1.165) is 26.7 Å². The van der Waals surface area contributed by atoms with E-state index in [-0.39, 0.29) is 0 Å². The summed E-state index contributed by atoms with van der Waals surface area (Å²) in [5.74, 6) is 0.811. The summed E-state index contributed by atoms with van der Waals surface area (Å²) in [4.78, 5) is 4.31. The molecule has 0 unspecified atom stereocenters. The summed E-state index contributed by atoms with van der Waals surface area (Å²) in [5.41, 5.74) is 2.03. The molecule has 18 heavy (non-hydrogen) atoms. The normalized spacial score (nSPS) is 11.0. The highest BCUT2D eigenvalue weighted by atomic mass is 79.9. The van der Waals surface area contributed by atoms with Crippen LogP contribution in [0.4, 0.5) is 5.95 Å². The number of nitrogens with one attached hydrogen (secondary N) is 1. The monoisotopic (exact) mass is 327 g/mol. The molecule has 1 N–H and O–H groups in total. The molecule has 1 aromatic carbocycles. The Hall–Kier alpha value is -1.00. The Morgan fingerprint density at radius 3 is 2.78 bits per heavy atom. The Bertz CT molecular complexity index is 563. The van der Waals surface area contributed by atoms with E-state index in [4.69, 9.17) is 11.6 Å². The lowest BCUT2D eigenvalue weighted by atomic mass is 10.2. The van der Waals surface area contributed by atoms with E-state index in [1.54, 1.807) is 6.20 Å². The molecule has 0 spiro atoms. The van der Waals surface area contributed by atoms with Crippen molar-refractivity contribution >= 4 is 33.5 Å². The van der Waals surface area contributed by atoms with Gasteiger partial charge in [-0.05, 0) is 54.4 Å². The molecule has 1 aromatic heterocycles. The van der Waals surface area contributed by atoms with Gasteiger partial charge >= 0.3 is 0 Å². The first kappa shape index (κ1) is 13.4. The maximum Gasteiger partial charge on any atom is 0.207 e. The second-order valence-corrected chi connectivity index (χ2v) is 5.73. The van der Waals surface area contributed by atoms with Gasteiger partial charge in [0.15, 0.2) is 0 Å². The van der Waals surface area contributed by atoms with Crippen LogP contribution in [0.2, 0.25) is 5.02 Å². The number of hydrogen-bond acceptors (Lipinski definition) is 2. The minimum Gasteiger partial charge on any atom is -0.353 e. The molecule has 0 bridgehead atoms. The second kappa shape index (κ2) is 5.33. The highest BCUT2D eigenvalue weighted by Crippen LogP contribution is 2.29. The van der Waals surface area contributed by atoms with Crippen molar-refractivity contribution in [3.63, 3.8) is 0 Å². The molecule has 1 heterocycles.